The fourth-order valence-electron chi connectivity index (χ4n) is 4.35. The molecule has 198 valence electrons. The summed E-state index contributed by atoms with van der Waals surface area (Å²) >= 11 is 0. The molecule has 0 amide bonds. The van der Waals surface area contributed by atoms with Crippen LogP contribution < -0.4 is 10.9 Å². The zero-order chi connectivity index (χ0) is 27.8. The monoisotopic (exact) mass is 519 g/mol. The van der Waals surface area contributed by atoms with Gasteiger partial charge in [-0.2, -0.15) is 0 Å². The predicted octanol–water partition coefficient (Wildman–Crippen LogP) is 7.04. The van der Waals surface area contributed by atoms with Crippen LogP contribution in [0.4, 0.5) is 14.5 Å². The molecule has 0 aliphatic rings. The third kappa shape index (κ3) is 5.59. The second kappa shape index (κ2) is 10.4. The van der Waals surface area contributed by atoms with Gasteiger partial charge in [0.25, 0.3) is 12.0 Å². The molecule has 0 aliphatic carbocycles. The van der Waals surface area contributed by atoms with Gasteiger partial charge >= 0.3 is 5.97 Å². The highest BCUT2D eigenvalue weighted by Crippen LogP contribution is 2.30. The van der Waals surface area contributed by atoms with E-state index in [0.29, 0.717) is 39.3 Å². The number of fused-ring (bicyclic) bond motifs is 1. The minimum atomic E-state index is -2.63. The van der Waals surface area contributed by atoms with Gasteiger partial charge in [-0.05, 0) is 71.4 Å². The van der Waals surface area contributed by atoms with Gasteiger partial charge in [0, 0.05) is 34.1 Å². The second-order valence-corrected chi connectivity index (χ2v) is 10.4. The Hall–Kier alpha value is -4.07. The molecule has 0 radical (unpaired) electrons. The van der Waals surface area contributed by atoms with E-state index in [4.69, 9.17) is 9.72 Å². The zero-order valence-electron chi connectivity index (χ0n) is 22.3. The van der Waals surface area contributed by atoms with E-state index < -0.39 is 18.0 Å². The highest BCUT2D eigenvalue weighted by atomic mass is 19.3. The number of benzene rings is 2. The molecule has 4 rings (SSSR count). The number of aryl methyl sites for hydroxylation is 1. The molecule has 1 atom stereocenters. The van der Waals surface area contributed by atoms with Crippen LogP contribution in [-0.2, 0) is 4.74 Å². The molecule has 2 aromatic heterocycles. The number of carbonyl (C=O) groups is 1. The van der Waals surface area contributed by atoms with E-state index in [2.05, 4.69) is 5.32 Å². The lowest BCUT2D eigenvalue weighted by Crippen LogP contribution is -2.25. The van der Waals surface area contributed by atoms with Crippen LogP contribution in [0, 0.1) is 13.8 Å². The summed E-state index contributed by atoms with van der Waals surface area (Å²) in [7, 11) is 0. The smallest absolute Gasteiger partial charge is 0.340 e. The van der Waals surface area contributed by atoms with Crippen LogP contribution in [0.5, 0.6) is 0 Å². The number of rotatable bonds is 6. The van der Waals surface area contributed by atoms with E-state index in [-0.39, 0.29) is 17.2 Å². The van der Waals surface area contributed by atoms with Crippen molar-refractivity contribution < 1.29 is 18.3 Å². The SMILES string of the molecule is Cc1cc(C(C)Nc2ccccc2C(=O)OC(C)(C)C)c2nc(-c3cccc(C(F)F)c3)c(C)c(=O)n2c1. The van der Waals surface area contributed by atoms with Crippen LogP contribution in [0.15, 0.2) is 65.6 Å². The molecule has 0 saturated heterocycles. The number of aromatic nitrogens is 2. The molecule has 2 heterocycles. The summed E-state index contributed by atoms with van der Waals surface area (Å²) in [5.41, 5.74) is 3.02. The van der Waals surface area contributed by atoms with Crippen molar-refractivity contribution in [1.29, 1.82) is 0 Å². The maximum atomic E-state index is 13.4. The van der Waals surface area contributed by atoms with Gasteiger partial charge in [-0.25, -0.2) is 18.6 Å². The Labute approximate surface area is 220 Å². The first kappa shape index (κ1) is 27.0. The molecule has 0 bridgehead atoms. The van der Waals surface area contributed by atoms with Crippen LogP contribution in [0.25, 0.3) is 16.9 Å². The van der Waals surface area contributed by atoms with E-state index in [1.165, 1.54) is 22.6 Å². The Bertz CT molecular complexity index is 1570. The Morgan fingerprint density at radius 2 is 1.76 bits per heavy atom. The summed E-state index contributed by atoms with van der Waals surface area (Å²) in [5.74, 6) is -0.451. The molecule has 2 aromatic carbocycles. The van der Waals surface area contributed by atoms with E-state index in [1.807, 2.05) is 46.8 Å². The van der Waals surface area contributed by atoms with Crippen LogP contribution >= 0.6 is 0 Å². The third-order valence-corrected chi connectivity index (χ3v) is 6.11. The predicted molar refractivity (Wildman–Crippen MR) is 145 cm³/mol. The topological polar surface area (TPSA) is 72.7 Å². The Kier molecular flexibility index (Phi) is 7.35. The van der Waals surface area contributed by atoms with E-state index in [1.54, 1.807) is 37.4 Å². The van der Waals surface area contributed by atoms with Crippen LogP contribution in [-0.4, -0.2) is 21.0 Å². The third-order valence-electron chi connectivity index (χ3n) is 6.11. The van der Waals surface area contributed by atoms with Crippen molar-refractivity contribution in [2.75, 3.05) is 5.32 Å². The number of alkyl halides is 2. The number of carbonyl (C=O) groups excluding carboxylic acids is 1. The minimum absolute atomic E-state index is 0.137. The van der Waals surface area contributed by atoms with Gasteiger partial charge in [0.2, 0.25) is 0 Å². The quantitative estimate of drug-likeness (QED) is 0.277. The minimum Gasteiger partial charge on any atom is -0.456 e. The van der Waals surface area contributed by atoms with Crippen molar-refractivity contribution in [1.82, 2.24) is 9.38 Å². The average Bonchev–Trinajstić information content (AvgIpc) is 2.85. The van der Waals surface area contributed by atoms with Crippen molar-refractivity contribution in [2.45, 2.75) is 59.6 Å². The number of halogens is 2. The van der Waals surface area contributed by atoms with Crippen molar-refractivity contribution in [2.24, 2.45) is 0 Å². The van der Waals surface area contributed by atoms with Gasteiger partial charge in [0.05, 0.1) is 17.3 Å². The number of nitrogens with one attached hydrogen (secondary N) is 1. The number of nitrogens with zero attached hydrogens (tertiary/aromatic N) is 2. The maximum absolute atomic E-state index is 13.4. The largest absolute Gasteiger partial charge is 0.456 e. The Balaban J connectivity index is 1.82. The van der Waals surface area contributed by atoms with E-state index >= 15 is 0 Å². The van der Waals surface area contributed by atoms with Crippen molar-refractivity contribution >= 4 is 17.3 Å². The number of hydrogen-bond acceptors (Lipinski definition) is 5. The zero-order valence-corrected chi connectivity index (χ0v) is 22.3. The lowest BCUT2D eigenvalue weighted by molar-refractivity contribution is 0.00706. The number of pyridine rings is 1. The number of esters is 1. The molecule has 1 unspecified atom stereocenters. The standard InChI is InChI=1S/C30H31F2N3O3/c1-17-14-23(19(3)33-24-13-8-7-12-22(24)29(37)38-30(4,5)6)27-34-25(18(2)28(36)35(27)16-17)20-10-9-11-21(15-20)26(31)32/h7-16,19,26,33H,1-6H3. The van der Waals surface area contributed by atoms with Crippen molar-refractivity contribution in [3.05, 3.63) is 99.0 Å². The number of ether oxygens (including phenoxy) is 1. The number of hydrogen-bond donors (Lipinski definition) is 1. The molecular formula is C30H31F2N3O3. The second-order valence-electron chi connectivity index (χ2n) is 10.4. The first-order valence-electron chi connectivity index (χ1n) is 12.4. The Morgan fingerprint density at radius 1 is 1.05 bits per heavy atom. The Morgan fingerprint density at radius 3 is 2.45 bits per heavy atom. The number of para-hydroxylation sites is 1. The van der Waals surface area contributed by atoms with Crippen molar-refractivity contribution in [3.63, 3.8) is 0 Å². The molecule has 4 aromatic rings. The fraction of sp³-hybridized carbons (Fsp3) is 0.300. The highest BCUT2D eigenvalue weighted by molar-refractivity contribution is 5.96. The van der Waals surface area contributed by atoms with E-state index in [9.17, 15) is 18.4 Å². The molecule has 6 nitrogen and oxygen atoms in total. The van der Waals surface area contributed by atoms with Crippen molar-refractivity contribution in [3.8, 4) is 11.3 Å². The molecule has 1 N–H and O–H groups in total. The van der Waals surface area contributed by atoms with Crippen LogP contribution in [0.2, 0.25) is 0 Å². The maximum Gasteiger partial charge on any atom is 0.340 e. The molecule has 0 spiro atoms. The first-order chi connectivity index (χ1) is 17.9. The summed E-state index contributed by atoms with van der Waals surface area (Å²) < 4.78 is 33.8. The summed E-state index contributed by atoms with van der Waals surface area (Å²) in [6, 6.07) is 14.5. The molecular weight excluding hydrogens is 488 g/mol. The summed E-state index contributed by atoms with van der Waals surface area (Å²) in [6.45, 7) is 10.9. The van der Waals surface area contributed by atoms with Gasteiger partial charge in [0.15, 0.2) is 0 Å². The molecule has 8 heteroatoms. The number of anilines is 1. The lowest BCUT2D eigenvalue weighted by Gasteiger charge is -2.23. The van der Waals surface area contributed by atoms with Gasteiger partial charge in [-0.1, -0.05) is 30.3 Å². The highest BCUT2D eigenvalue weighted by Gasteiger charge is 2.23. The fourth-order valence-corrected chi connectivity index (χ4v) is 4.35. The molecule has 0 fully saturated rings. The summed E-state index contributed by atoms with van der Waals surface area (Å²) in [5, 5.41) is 3.37. The van der Waals surface area contributed by atoms with Gasteiger partial charge in [0.1, 0.15) is 11.2 Å². The van der Waals surface area contributed by atoms with Crippen LogP contribution in [0.1, 0.15) is 72.8 Å². The lowest BCUT2D eigenvalue weighted by atomic mass is 10.0. The molecule has 0 saturated carbocycles. The summed E-state index contributed by atoms with van der Waals surface area (Å²) in [6.07, 6.45) is -0.925. The van der Waals surface area contributed by atoms with Gasteiger partial charge < -0.3 is 10.1 Å². The molecule has 0 aliphatic heterocycles. The summed E-state index contributed by atoms with van der Waals surface area (Å²) in [4.78, 5) is 31.0. The van der Waals surface area contributed by atoms with Crippen LogP contribution in [0.3, 0.4) is 0 Å². The normalized spacial score (nSPS) is 12.6. The first-order valence-corrected chi connectivity index (χ1v) is 12.4. The van der Waals surface area contributed by atoms with E-state index in [0.717, 1.165) is 5.56 Å². The van der Waals surface area contributed by atoms with Gasteiger partial charge in [-0.3, -0.25) is 9.20 Å². The van der Waals surface area contributed by atoms with Gasteiger partial charge in [-0.15, -0.1) is 0 Å². The molecule has 38 heavy (non-hydrogen) atoms. The average molecular weight is 520 g/mol.